The third kappa shape index (κ3) is 2.79. The summed E-state index contributed by atoms with van der Waals surface area (Å²) < 4.78 is 0. The molecule has 1 N–H and O–H groups in total. The van der Waals surface area contributed by atoms with E-state index in [-0.39, 0.29) is 17.4 Å². The number of nitrogens with one attached hydrogen (secondary N) is 1. The molecule has 1 atom stereocenters. The van der Waals surface area contributed by atoms with E-state index < -0.39 is 5.54 Å². The smallest absolute Gasteiger partial charge is 0.256 e. The van der Waals surface area contributed by atoms with E-state index in [2.05, 4.69) is 15.0 Å². The predicted octanol–water partition coefficient (Wildman–Crippen LogP) is 0.385. The fourth-order valence-corrected chi connectivity index (χ4v) is 3.27. The van der Waals surface area contributed by atoms with Gasteiger partial charge in [-0.1, -0.05) is 0 Å². The Morgan fingerprint density at radius 3 is 2.68 bits per heavy atom. The lowest BCUT2D eigenvalue weighted by Crippen LogP contribution is -2.55. The number of nitrogens with zero attached hydrogens (tertiary/aromatic N) is 4. The minimum atomic E-state index is -1.19. The van der Waals surface area contributed by atoms with E-state index in [1.165, 1.54) is 46.7 Å². The third-order valence-electron chi connectivity index (χ3n) is 4.40. The van der Waals surface area contributed by atoms with E-state index >= 15 is 0 Å². The van der Waals surface area contributed by atoms with Gasteiger partial charge in [-0.25, -0.2) is 0 Å². The largest absolute Gasteiger partial charge is 0.346 e. The van der Waals surface area contributed by atoms with Gasteiger partial charge in [-0.3, -0.25) is 24.4 Å². The molecule has 3 heterocycles. The number of carbonyl (C=O) groups is 2. The minimum absolute atomic E-state index is 0.219. The number of hydrogen-bond donors (Lipinski definition) is 1. The number of carbonyl (C=O) groups excluding carboxylic acids is 2. The van der Waals surface area contributed by atoms with Crippen molar-refractivity contribution in [3.05, 3.63) is 58.5 Å². The molecule has 0 saturated carbocycles. The van der Waals surface area contributed by atoms with Gasteiger partial charge in [0.1, 0.15) is 0 Å². The Labute approximate surface area is 144 Å². The van der Waals surface area contributed by atoms with Gasteiger partial charge in [-0.15, -0.1) is 0 Å². The van der Waals surface area contributed by atoms with Gasteiger partial charge in [0.05, 0.1) is 17.5 Å². The van der Waals surface area contributed by atoms with Crippen molar-refractivity contribution in [2.45, 2.75) is 18.4 Å². The molecular weight excluding hydrogens is 322 g/mol. The Bertz CT molecular complexity index is 828. The van der Waals surface area contributed by atoms with Gasteiger partial charge in [0.2, 0.25) is 5.56 Å². The number of hydrogen-bond acceptors (Lipinski definition) is 5. The van der Waals surface area contributed by atoms with Crippen molar-refractivity contribution in [3.63, 3.8) is 0 Å². The van der Waals surface area contributed by atoms with Crippen LogP contribution in [-0.2, 0) is 10.3 Å². The highest BCUT2D eigenvalue weighted by molar-refractivity contribution is 5.99. The summed E-state index contributed by atoms with van der Waals surface area (Å²) in [4.78, 5) is 51.3. The van der Waals surface area contributed by atoms with E-state index in [0.29, 0.717) is 30.6 Å². The van der Waals surface area contributed by atoms with Crippen molar-refractivity contribution in [2.24, 2.45) is 0 Å². The highest BCUT2D eigenvalue weighted by Gasteiger charge is 2.53. The number of amides is 2. The summed E-state index contributed by atoms with van der Waals surface area (Å²) in [5, 5.41) is 0. The average Bonchev–Trinajstić information content (AvgIpc) is 3.07. The molecule has 0 spiro atoms. The van der Waals surface area contributed by atoms with Gasteiger partial charge >= 0.3 is 0 Å². The number of rotatable bonds is 3. The fourth-order valence-electron chi connectivity index (χ4n) is 3.27. The molecule has 1 unspecified atom stereocenters. The predicted molar refractivity (Wildman–Crippen MR) is 89.7 cm³/mol. The Morgan fingerprint density at radius 2 is 2.08 bits per heavy atom. The molecule has 130 valence electrons. The molecule has 1 aliphatic rings. The number of likely N-dealkylation sites (tertiary alicyclic amines) is 1. The van der Waals surface area contributed by atoms with Gasteiger partial charge in [0.15, 0.2) is 5.54 Å². The monoisotopic (exact) mass is 341 g/mol. The van der Waals surface area contributed by atoms with Crippen LogP contribution in [-0.4, -0.2) is 57.2 Å². The first kappa shape index (κ1) is 16.8. The van der Waals surface area contributed by atoms with Gasteiger partial charge in [0, 0.05) is 45.3 Å². The van der Waals surface area contributed by atoms with E-state index in [1.807, 2.05) is 0 Å². The second-order valence-corrected chi connectivity index (χ2v) is 6.15. The molecule has 0 bridgehead atoms. The topological polar surface area (TPSA) is 99.3 Å². The van der Waals surface area contributed by atoms with Crippen LogP contribution in [0.2, 0.25) is 0 Å². The Morgan fingerprint density at radius 1 is 1.28 bits per heavy atom. The zero-order valence-electron chi connectivity index (χ0n) is 14.1. The molecule has 8 nitrogen and oxygen atoms in total. The molecule has 0 aliphatic carbocycles. The summed E-state index contributed by atoms with van der Waals surface area (Å²) in [6, 6.07) is 2.75. The number of pyridine rings is 1. The van der Waals surface area contributed by atoms with Gasteiger partial charge in [0.25, 0.3) is 11.8 Å². The molecule has 1 saturated heterocycles. The molecule has 8 heteroatoms. The molecule has 3 rings (SSSR count). The molecule has 0 aromatic carbocycles. The quantitative estimate of drug-likeness (QED) is 0.870. The lowest BCUT2D eigenvalue weighted by Gasteiger charge is -2.38. The normalized spacial score (nSPS) is 19.7. The first-order valence-corrected chi connectivity index (χ1v) is 7.96. The maximum absolute atomic E-state index is 13.1. The lowest BCUT2D eigenvalue weighted by atomic mass is 9.90. The van der Waals surface area contributed by atoms with Crippen molar-refractivity contribution >= 4 is 11.8 Å². The first-order valence-electron chi connectivity index (χ1n) is 7.96. The lowest BCUT2D eigenvalue weighted by molar-refractivity contribution is -0.140. The van der Waals surface area contributed by atoms with E-state index in [0.717, 1.165) is 0 Å². The summed E-state index contributed by atoms with van der Waals surface area (Å²) in [5.74, 6) is -0.544. The summed E-state index contributed by atoms with van der Waals surface area (Å²) >= 11 is 0. The van der Waals surface area contributed by atoms with Crippen LogP contribution in [0.25, 0.3) is 0 Å². The van der Waals surface area contributed by atoms with Crippen molar-refractivity contribution < 1.29 is 9.59 Å². The van der Waals surface area contributed by atoms with E-state index in [1.54, 1.807) is 14.1 Å². The molecule has 2 aromatic rings. The van der Waals surface area contributed by atoms with Crippen molar-refractivity contribution in [1.29, 1.82) is 0 Å². The summed E-state index contributed by atoms with van der Waals surface area (Å²) in [6.07, 6.45) is 7.08. The maximum Gasteiger partial charge on any atom is 0.256 e. The Balaban J connectivity index is 2.10. The third-order valence-corrected chi connectivity index (χ3v) is 4.40. The van der Waals surface area contributed by atoms with Gasteiger partial charge in [-0.05, 0) is 18.9 Å². The zero-order valence-corrected chi connectivity index (χ0v) is 14.1. The van der Waals surface area contributed by atoms with Crippen LogP contribution in [0.1, 0.15) is 28.9 Å². The highest BCUT2D eigenvalue weighted by Crippen LogP contribution is 2.40. The van der Waals surface area contributed by atoms with Crippen LogP contribution >= 0.6 is 0 Å². The molecule has 2 aromatic heterocycles. The van der Waals surface area contributed by atoms with Gasteiger partial charge in [-0.2, -0.15) is 0 Å². The van der Waals surface area contributed by atoms with Crippen LogP contribution < -0.4 is 5.56 Å². The van der Waals surface area contributed by atoms with Gasteiger partial charge < -0.3 is 14.8 Å². The molecule has 1 fully saturated rings. The van der Waals surface area contributed by atoms with Crippen LogP contribution in [0.3, 0.4) is 0 Å². The van der Waals surface area contributed by atoms with Crippen LogP contribution in [0, 0.1) is 0 Å². The highest BCUT2D eigenvalue weighted by atomic mass is 16.2. The van der Waals surface area contributed by atoms with Crippen LogP contribution in [0.4, 0.5) is 0 Å². The second kappa shape index (κ2) is 6.46. The van der Waals surface area contributed by atoms with Crippen LogP contribution in [0.5, 0.6) is 0 Å². The molecular formula is C17H19N5O3. The second-order valence-electron chi connectivity index (χ2n) is 6.15. The van der Waals surface area contributed by atoms with E-state index in [4.69, 9.17) is 0 Å². The SMILES string of the molecule is CN(C)C(=O)C1(c2cnccn2)CCCN1C(=O)c1ccc(=O)[nH]c1. The maximum atomic E-state index is 13.1. The van der Waals surface area contributed by atoms with E-state index in [9.17, 15) is 14.4 Å². The fraction of sp³-hybridized carbons (Fsp3) is 0.353. The zero-order chi connectivity index (χ0) is 18.0. The summed E-state index contributed by atoms with van der Waals surface area (Å²) in [7, 11) is 3.31. The molecule has 1 aliphatic heterocycles. The van der Waals surface area contributed by atoms with Crippen molar-refractivity contribution in [2.75, 3.05) is 20.6 Å². The standard InChI is InChI=1S/C17H19N5O3/c1-21(2)16(25)17(13-11-18-7-8-19-13)6-3-9-22(17)15(24)12-4-5-14(23)20-10-12/h4-5,7-8,10-11H,3,6,9H2,1-2H3,(H,20,23). The number of likely N-dealkylation sites (N-methyl/N-ethyl adjacent to an activating group) is 1. The number of H-pyrrole nitrogens is 1. The van der Waals surface area contributed by atoms with Crippen molar-refractivity contribution in [1.82, 2.24) is 24.8 Å². The summed E-state index contributed by atoms with van der Waals surface area (Å²) in [5.41, 5.74) is -0.710. The average molecular weight is 341 g/mol. The molecule has 25 heavy (non-hydrogen) atoms. The number of aromatic amines is 1. The van der Waals surface area contributed by atoms with Crippen molar-refractivity contribution in [3.8, 4) is 0 Å². The first-order chi connectivity index (χ1) is 12.0. The molecule has 0 radical (unpaired) electrons. The Kier molecular flexibility index (Phi) is 4.35. The Hall–Kier alpha value is -3.03. The molecule has 2 amide bonds. The summed E-state index contributed by atoms with van der Waals surface area (Å²) in [6.45, 7) is 0.425. The van der Waals surface area contributed by atoms with Crippen LogP contribution in [0.15, 0.2) is 41.7 Å². The number of aromatic nitrogens is 3. The minimum Gasteiger partial charge on any atom is -0.346 e.